The van der Waals surface area contributed by atoms with E-state index in [-0.39, 0.29) is 0 Å². The Bertz CT molecular complexity index is 145. The van der Waals surface area contributed by atoms with Crippen LogP contribution in [0.3, 0.4) is 0 Å². The van der Waals surface area contributed by atoms with Crippen LogP contribution in [0.2, 0.25) is 0 Å². The Morgan fingerprint density at radius 1 is 1.45 bits per heavy atom. The van der Waals surface area contributed by atoms with E-state index in [1.165, 1.54) is 24.1 Å². The number of nitrogens with one attached hydrogen (secondary N) is 1. The first kappa shape index (κ1) is 10.3. The monoisotopic (exact) mass is 153 g/mol. The van der Waals surface area contributed by atoms with Crippen molar-refractivity contribution in [3.05, 3.63) is 23.9 Å². The van der Waals surface area contributed by atoms with E-state index in [1.54, 1.807) is 0 Å². The molecule has 0 amide bonds. The van der Waals surface area contributed by atoms with Crippen LogP contribution < -0.4 is 5.32 Å². The molecule has 0 bridgehead atoms. The molecule has 0 aromatic carbocycles. The lowest BCUT2D eigenvalue weighted by atomic mass is 10.2. The van der Waals surface area contributed by atoms with Crippen molar-refractivity contribution in [1.29, 1.82) is 0 Å². The maximum atomic E-state index is 3.71. The topological polar surface area (TPSA) is 12.0 Å². The van der Waals surface area contributed by atoms with Crippen molar-refractivity contribution in [3.63, 3.8) is 0 Å². The third-order valence-electron chi connectivity index (χ3n) is 1.82. The highest BCUT2D eigenvalue weighted by atomic mass is 14.9. The van der Waals surface area contributed by atoms with Crippen molar-refractivity contribution in [1.82, 2.24) is 5.32 Å². The summed E-state index contributed by atoms with van der Waals surface area (Å²) in [6.45, 7) is 11.1. The fraction of sp³-hybridized carbons (Fsp3) is 0.600. The predicted octanol–water partition coefficient (Wildman–Crippen LogP) is 2.86. The molecule has 0 saturated heterocycles. The summed E-state index contributed by atoms with van der Waals surface area (Å²) >= 11 is 0. The minimum atomic E-state index is 1.08. The molecule has 0 unspecified atom stereocenters. The number of rotatable bonds is 5. The molecule has 0 aliphatic rings. The van der Waals surface area contributed by atoms with E-state index in [0.717, 1.165) is 6.54 Å². The van der Waals surface area contributed by atoms with Crippen LogP contribution in [0.1, 0.15) is 33.6 Å². The second-order valence-electron chi connectivity index (χ2n) is 2.79. The summed E-state index contributed by atoms with van der Waals surface area (Å²) < 4.78 is 0. The first-order valence-corrected chi connectivity index (χ1v) is 4.26. The van der Waals surface area contributed by atoms with Gasteiger partial charge < -0.3 is 5.32 Å². The third-order valence-corrected chi connectivity index (χ3v) is 1.82. The molecule has 0 saturated carbocycles. The maximum absolute atomic E-state index is 3.71. The first-order chi connectivity index (χ1) is 5.22. The molecule has 0 heterocycles. The summed E-state index contributed by atoms with van der Waals surface area (Å²) in [5.41, 5.74) is 2.48. The zero-order valence-electron chi connectivity index (χ0n) is 7.91. The summed E-state index contributed by atoms with van der Waals surface area (Å²) in [5, 5.41) is 3.34. The average molecular weight is 153 g/mol. The molecule has 1 nitrogen and oxygen atoms in total. The van der Waals surface area contributed by atoms with Gasteiger partial charge in [0.1, 0.15) is 0 Å². The normalized spacial score (nSPS) is 12.3. The van der Waals surface area contributed by atoms with E-state index in [9.17, 15) is 0 Å². The van der Waals surface area contributed by atoms with Gasteiger partial charge in [-0.15, -0.1) is 0 Å². The lowest BCUT2D eigenvalue weighted by Crippen LogP contribution is -2.13. The lowest BCUT2D eigenvalue weighted by molar-refractivity contribution is 0.707. The van der Waals surface area contributed by atoms with E-state index in [2.05, 4.69) is 32.7 Å². The largest absolute Gasteiger partial charge is 0.388 e. The molecule has 0 spiro atoms. The zero-order chi connectivity index (χ0) is 8.69. The van der Waals surface area contributed by atoms with Gasteiger partial charge in [-0.05, 0) is 25.8 Å². The fourth-order valence-corrected chi connectivity index (χ4v) is 0.745. The summed E-state index contributed by atoms with van der Waals surface area (Å²) in [6.07, 6.45) is 4.36. The van der Waals surface area contributed by atoms with E-state index >= 15 is 0 Å². The van der Waals surface area contributed by atoms with Gasteiger partial charge >= 0.3 is 0 Å². The molecule has 1 N–H and O–H groups in total. The highest BCUT2D eigenvalue weighted by Gasteiger charge is 1.90. The molecule has 0 atom stereocenters. The third kappa shape index (κ3) is 4.65. The van der Waals surface area contributed by atoms with Gasteiger partial charge in [-0.1, -0.05) is 26.0 Å². The quantitative estimate of drug-likeness (QED) is 0.473. The molecule has 1 heteroatoms. The van der Waals surface area contributed by atoms with Crippen LogP contribution >= 0.6 is 0 Å². The lowest BCUT2D eigenvalue weighted by Gasteiger charge is -2.06. The van der Waals surface area contributed by atoms with Crippen molar-refractivity contribution < 1.29 is 0 Å². The van der Waals surface area contributed by atoms with Crippen LogP contribution in [-0.4, -0.2) is 6.54 Å². The number of hydrogen-bond donors (Lipinski definition) is 1. The van der Waals surface area contributed by atoms with Gasteiger partial charge in [0.15, 0.2) is 0 Å². The van der Waals surface area contributed by atoms with Crippen LogP contribution in [-0.2, 0) is 0 Å². The second kappa shape index (κ2) is 6.02. The Morgan fingerprint density at radius 3 is 2.55 bits per heavy atom. The van der Waals surface area contributed by atoms with E-state index in [0.29, 0.717) is 0 Å². The first-order valence-electron chi connectivity index (χ1n) is 4.26. The Hall–Kier alpha value is -0.720. The van der Waals surface area contributed by atoms with Gasteiger partial charge in [0, 0.05) is 12.2 Å². The Morgan fingerprint density at radius 2 is 2.09 bits per heavy atom. The molecule has 0 fully saturated rings. The van der Waals surface area contributed by atoms with Crippen LogP contribution in [0.15, 0.2) is 23.9 Å². The summed E-state index contributed by atoms with van der Waals surface area (Å²) in [5.74, 6) is 0. The molecule has 0 aliphatic heterocycles. The highest BCUT2D eigenvalue weighted by Crippen LogP contribution is 1.99. The van der Waals surface area contributed by atoms with Crippen molar-refractivity contribution in [2.45, 2.75) is 33.6 Å². The van der Waals surface area contributed by atoms with Gasteiger partial charge in [0.05, 0.1) is 0 Å². The maximum Gasteiger partial charge on any atom is 0.0143 e. The van der Waals surface area contributed by atoms with E-state index in [1.807, 2.05) is 6.08 Å². The number of allylic oxidation sites excluding steroid dienone is 3. The summed E-state index contributed by atoms with van der Waals surface area (Å²) in [4.78, 5) is 0. The van der Waals surface area contributed by atoms with Crippen LogP contribution in [0, 0.1) is 0 Å². The number of hydrogen-bond acceptors (Lipinski definition) is 1. The van der Waals surface area contributed by atoms with Crippen LogP contribution in [0.5, 0.6) is 0 Å². The average Bonchev–Trinajstić information content (AvgIpc) is 2.03. The summed E-state index contributed by atoms with van der Waals surface area (Å²) in [6, 6.07) is 0. The molecule has 64 valence electrons. The number of unbranched alkanes of at least 4 members (excludes halogenated alkanes) is 1. The van der Waals surface area contributed by atoms with Crippen molar-refractivity contribution in [2.24, 2.45) is 0 Å². The van der Waals surface area contributed by atoms with Gasteiger partial charge in [0.25, 0.3) is 0 Å². The SMILES string of the molecule is C=C/C(C)=C(/C)NCCCC. The smallest absolute Gasteiger partial charge is 0.0143 e. The second-order valence-corrected chi connectivity index (χ2v) is 2.79. The Balaban J connectivity index is 3.67. The summed E-state index contributed by atoms with van der Waals surface area (Å²) in [7, 11) is 0. The zero-order valence-corrected chi connectivity index (χ0v) is 7.91. The van der Waals surface area contributed by atoms with Crippen molar-refractivity contribution >= 4 is 0 Å². The van der Waals surface area contributed by atoms with E-state index in [4.69, 9.17) is 0 Å². The Kier molecular flexibility index (Phi) is 5.63. The van der Waals surface area contributed by atoms with Crippen LogP contribution in [0.4, 0.5) is 0 Å². The minimum Gasteiger partial charge on any atom is -0.388 e. The predicted molar refractivity (Wildman–Crippen MR) is 51.5 cm³/mol. The van der Waals surface area contributed by atoms with Gasteiger partial charge in [-0.25, -0.2) is 0 Å². The van der Waals surface area contributed by atoms with Gasteiger partial charge in [0.2, 0.25) is 0 Å². The Labute approximate surface area is 70.2 Å². The molecule has 0 radical (unpaired) electrons. The van der Waals surface area contributed by atoms with Crippen LogP contribution in [0.25, 0.3) is 0 Å². The standard InChI is InChI=1S/C10H19N/c1-5-7-8-11-10(4)9(3)6-2/h6,11H,2,5,7-8H2,1,3-4H3/b10-9-. The van der Waals surface area contributed by atoms with Crippen molar-refractivity contribution in [2.75, 3.05) is 6.54 Å². The van der Waals surface area contributed by atoms with Gasteiger partial charge in [-0.2, -0.15) is 0 Å². The molecule has 11 heavy (non-hydrogen) atoms. The minimum absolute atomic E-state index is 1.08. The van der Waals surface area contributed by atoms with E-state index < -0.39 is 0 Å². The molecular formula is C10H19N. The highest BCUT2D eigenvalue weighted by molar-refractivity contribution is 5.18. The molecule has 0 aliphatic carbocycles. The van der Waals surface area contributed by atoms with Crippen molar-refractivity contribution in [3.8, 4) is 0 Å². The molecule has 0 aromatic rings. The molecule has 0 rings (SSSR count). The fourth-order valence-electron chi connectivity index (χ4n) is 0.745. The molecule has 0 aromatic heterocycles. The van der Waals surface area contributed by atoms with Gasteiger partial charge in [-0.3, -0.25) is 0 Å². The molecular weight excluding hydrogens is 134 g/mol.